The van der Waals surface area contributed by atoms with E-state index in [-0.39, 0.29) is 6.42 Å². The highest BCUT2D eigenvalue weighted by Gasteiger charge is 2.70. The second-order valence-electron chi connectivity index (χ2n) is 6.26. The minimum atomic E-state index is -5.92. The molecule has 4 unspecified atom stereocenters. The van der Waals surface area contributed by atoms with Gasteiger partial charge in [-0.1, -0.05) is 0 Å². The molecule has 0 spiro atoms. The van der Waals surface area contributed by atoms with Gasteiger partial charge in [0.25, 0.3) is 5.79 Å². The summed E-state index contributed by atoms with van der Waals surface area (Å²) in [7, 11) is -5.92. The van der Waals surface area contributed by atoms with E-state index in [0.29, 0.717) is 6.42 Å². The predicted octanol–water partition coefficient (Wildman–Crippen LogP) is 0.734. The third kappa shape index (κ3) is 2.38. The maximum absolute atomic E-state index is 14.0. The zero-order chi connectivity index (χ0) is 19.9. The van der Waals surface area contributed by atoms with Crippen LogP contribution in [0.5, 0.6) is 0 Å². The van der Waals surface area contributed by atoms with Crippen molar-refractivity contribution >= 4 is 22.1 Å². The number of fused-ring (bicyclic) bond motifs is 1. The smallest absolute Gasteiger partial charge is 0.347 e. The number of benzene rings is 1. The van der Waals surface area contributed by atoms with Crippen LogP contribution in [0.25, 0.3) is 0 Å². The van der Waals surface area contributed by atoms with E-state index >= 15 is 0 Å². The Balaban J connectivity index is 1.75. The second-order valence-corrected chi connectivity index (χ2v) is 7.58. The molecule has 1 aromatic rings. The van der Waals surface area contributed by atoms with Crippen molar-refractivity contribution in [3.05, 3.63) is 28.8 Å². The topological polar surface area (TPSA) is 119 Å². The summed E-state index contributed by atoms with van der Waals surface area (Å²) in [4.78, 5) is 21.5. The molecule has 8 nitrogen and oxygen atoms in total. The van der Waals surface area contributed by atoms with Gasteiger partial charge in [-0.15, -0.1) is 0 Å². The molecule has 27 heavy (non-hydrogen) atoms. The summed E-state index contributed by atoms with van der Waals surface area (Å²) in [6, 6.07) is 0. The SMILES string of the molecule is O=C(OC12CC3CC(C(=O)O1)C2O3)c1c(F)c(F)c(S(=O)(=O)[O-])c(F)c1F. The highest BCUT2D eigenvalue weighted by Crippen LogP contribution is 2.53. The molecule has 13 heteroatoms. The minimum absolute atomic E-state index is 0.146. The second kappa shape index (κ2) is 5.39. The van der Waals surface area contributed by atoms with Crippen molar-refractivity contribution < 1.29 is 54.3 Å². The first kappa shape index (κ1) is 18.1. The molecule has 0 amide bonds. The van der Waals surface area contributed by atoms with E-state index in [4.69, 9.17) is 14.2 Å². The lowest BCUT2D eigenvalue weighted by atomic mass is 9.88. The molecule has 4 rings (SSSR count). The van der Waals surface area contributed by atoms with Crippen LogP contribution in [0.3, 0.4) is 0 Å². The molecule has 0 radical (unpaired) electrons. The van der Waals surface area contributed by atoms with Crippen molar-refractivity contribution in [3.8, 4) is 0 Å². The third-order valence-corrected chi connectivity index (χ3v) is 5.54. The minimum Gasteiger partial charge on any atom is -0.744 e. The largest absolute Gasteiger partial charge is 0.744 e. The molecule has 3 fully saturated rings. The first-order chi connectivity index (χ1) is 12.5. The molecule has 2 bridgehead atoms. The summed E-state index contributed by atoms with van der Waals surface area (Å²) < 4.78 is 103. The van der Waals surface area contributed by atoms with Crippen molar-refractivity contribution in [2.75, 3.05) is 0 Å². The fourth-order valence-electron chi connectivity index (χ4n) is 3.64. The maximum atomic E-state index is 14.0. The Bertz CT molecular complexity index is 980. The van der Waals surface area contributed by atoms with E-state index in [1.54, 1.807) is 0 Å². The normalized spacial score (nSPS) is 31.3. The van der Waals surface area contributed by atoms with Crippen LogP contribution >= 0.6 is 0 Å². The van der Waals surface area contributed by atoms with E-state index < -0.39 is 79.7 Å². The van der Waals surface area contributed by atoms with Gasteiger partial charge in [0.1, 0.15) is 26.7 Å². The summed E-state index contributed by atoms with van der Waals surface area (Å²) in [5.74, 6) is -15.5. The number of esters is 2. The molecule has 0 N–H and O–H groups in total. The Morgan fingerprint density at radius 1 is 1.15 bits per heavy atom. The lowest BCUT2D eigenvalue weighted by Crippen LogP contribution is -2.43. The molecule has 3 saturated heterocycles. The van der Waals surface area contributed by atoms with Gasteiger partial charge in [0.2, 0.25) is 0 Å². The number of hydrogen-bond acceptors (Lipinski definition) is 8. The summed E-state index contributed by atoms with van der Waals surface area (Å²) in [5, 5.41) is 0. The van der Waals surface area contributed by atoms with Crippen molar-refractivity contribution in [1.29, 1.82) is 0 Å². The number of hydrogen-bond donors (Lipinski definition) is 0. The van der Waals surface area contributed by atoms with Gasteiger partial charge in [-0.25, -0.2) is 30.8 Å². The van der Waals surface area contributed by atoms with E-state index in [0.717, 1.165) is 0 Å². The molecule has 0 aliphatic carbocycles. The molecule has 3 heterocycles. The van der Waals surface area contributed by atoms with Crippen LogP contribution in [0, 0.1) is 29.2 Å². The first-order valence-corrected chi connectivity index (χ1v) is 8.80. The molecular formula is C14H7F4O8S-. The van der Waals surface area contributed by atoms with Gasteiger partial charge >= 0.3 is 11.9 Å². The van der Waals surface area contributed by atoms with Gasteiger partial charge in [0.15, 0.2) is 23.3 Å². The molecule has 0 saturated carbocycles. The number of carbonyl (C=O) groups is 2. The van der Waals surface area contributed by atoms with Gasteiger partial charge in [0.05, 0.1) is 18.4 Å². The van der Waals surface area contributed by atoms with Crippen LogP contribution in [0.15, 0.2) is 4.90 Å². The van der Waals surface area contributed by atoms with E-state index in [1.807, 2.05) is 0 Å². The molecule has 0 aromatic heterocycles. The van der Waals surface area contributed by atoms with Crippen LogP contribution in [-0.2, 0) is 29.1 Å². The van der Waals surface area contributed by atoms with Crippen LogP contribution < -0.4 is 0 Å². The average molecular weight is 411 g/mol. The molecule has 4 atom stereocenters. The Labute approximate surface area is 147 Å². The quantitative estimate of drug-likeness (QED) is 0.309. The molecule has 1 aromatic carbocycles. The lowest BCUT2D eigenvalue weighted by Gasteiger charge is -2.27. The average Bonchev–Trinajstić information content (AvgIpc) is 3.12. The van der Waals surface area contributed by atoms with E-state index in [1.165, 1.54) is 0 Å². The van der Waals surface area contributed by atoms with E-state index in [2.05, 4.69) is 0 Å². The number of ether oxygens (including phenoxy) is 3. The fourth-order valence-corrected chi connectivity index (χ4v) is 4.26. The van der Waals surface area contributed by atoms with Crippen LogP contribution in [-0.4, -0.2) is 42.9 Å². The number of halogens is 4. The fraction of sp³-hybridized carbons (Fsp3) is 0.429. The van der Waals surface area contributed by atoms with Crippen molar-refractivity contribution in [2.24, 2.45) is 5.92 Å². The highest BCUT2D eigenvalue weighted by molar-refractivity contribution is 7.85. The monoisotopic (exact) mass is 411 g/mol. The summed E-state index contributed by atoms with van der Waals surface area (Å²) in [6.45, 7) is 0. The zero-order valence-corrected chi connectivity index (χ0v) is 13.6. The van der Waals surface area contributed by atoms with Gasteiger partial charge < -0.3 is 18.8 Å². The van der Waals surface area contributed by atoms with Gasteiger partial charge in [-0.05, 0) is 6.42 Å². The van der Waals surface area contributed by atoms with Crippen LogP contribution in [0.2, 0.25) is 0 Å². The standard InChI is InChI=1S/C14H8F4O8S/c15-6-5(7(16)9(18)10(8(6)17)27(21,22)23)13(20)26-14-2-3-1-4(11(14)24-3)12(19)25-14/h3-4,11H,1-2H2,(H,21,22,23)/p-1. The van der Waals surface area contributed by atoms with Gasteiger partial charge in [-0.2, -0.15) is 0 Å². The summed E-state index contributed by atoms with van der Waals surface area (Å²) in [5.41, 5.74) is -1.91. The molecule has 3 aliphatic heterocycles. The number of rotatable bonds is 3. The summed E-state index contributed by atoms with van der Waals surface area (Å²) >= 11 is 0. The first-order valence-electron chi connectivity index (χ1n) is 7.40. The van der Waals surface area contributed by atoms with Crippen molar-refractivity contribution in [1.82, 2.24) is 0 Å². The maximum Gasteiger partial charge on any atom is 0.347 e. The molecular weight excluding hydrogens is 404 g/mol. The third-order valence-electron chi connectivity index (χ3n) is 4.69. The Morgan fingerprint density at radius 2 is 1.74 bits per heavy atom. The van der Waals surface area contributed by atoms with Gasteiger partial charge in [-0.3, -0.25) is 4.79 Å². The molecule has 3 aliphatic rings. The predicted molar refractivity (Wildman–Crippen MR) is 69.9 cm³/mol. The Kier molecular flexibility index (Phi) is 3.62. The Morgan fingerprint density at radius 3 is 2.26 bits per heavy atom. The van der Waals surface area contributed by atoms with E-state index in [9.17, 15) is 40.1 Å². The molecule has 146 valence electrons. The summed E-state index contributed by atoms with van der Waals surface area (Å²) in [6.07, 6.45) is -1.41. The Hall–Kier alpha value is -2.25. The van der Waals surface area contributed by atoms with Crippen molar-refractivity contribution in [2.45, 2.75) is 35.7 Å². The zero-order valence-electron chi connectivity index (χ0n) is 12.8. The van der Waals surface area contributed by atoms with Crippen LogP contribution in [0.4, 0.5) is 17.6 Å². The number of carbonyl (C=O) groups excluding carboxylic acids is 2. The lowest BCUT2D eigenvalue weighted by molar-refractivity contribution is -0.196. The van der Waals surface area contributed by atoms with Gasteiger partial charge in [0, 0.05) is 0 Å². The van der Waals surface area contributed by atoms with Crippen LogP contribution in [0.1, 0.15) is 23.2 Å². The van der Waals surface area contributed by atoms with Crippen molar-refractivity contribution in [3.63, 3.8) is 0 Å². The highest BCUT2D eigenvalue weighted by atomic mass is 32.2.